The molecule has 33 heavy (non-hydrogen) atoms. The van der Waals surface area contributed by atoms with Crippen LogP contribution < -0.4 is 21.7 Å². The largest absolute Gasteiger partial charge is 0.370 e. The third kappa shape index (κ3) is 7.50. The first-order valence-electron chi connectivity index (χ1n) is 10.8. The Kier molecular flexibility index (Phi) is 8.59. The monoisotopic (exact) mass is 444 g/mol. The number of urea groups is 1. The summed E-state index contributed by atoms with van der Waals surface area (Å²) in [6.07, 6.45) is 0.808. The molecule has 0 saturated heterocycles. The van der Waals surface area contributed by atoms with Crippen LogP contribution in [0.25, 0.3) is 0 Å². The van der Waals surface area contributed by atoms with Gasteiger partial charge >= 0.3 is 6.03 Å². The molecule has 4 amide bonds. The first kappa shape index (κ1) is 23.5. The lowest BCUT2D eigenvalue weighted by Gasteiger charge is -2.18. The van der Waals surface area contributed by atoms with Gasteiger partial charge in [-0.15, -0.1) is 0 Å². The van der Waals surface area contributed by atoms with E-state index in [0.29, 0.717) is 17.8 Å². The molecule has 0 fully saturated rings. The van der Waals surface area contributed by atoms with Crippen molar-refractivity contribution < 1.29 is 14.4 Å². The van der Waals surface area contributed by atoms with Gasteiger partial charge in [-0.1, -0.05) is 66.7 Å². The van der Waals surface area contributed by atoms with Crippen molar-refractivity contribution in [3.63, 3.8) is 0 Å². The van der Waals surface area contributed by atoms with Crippen molar-refractivity contribution in [1.82, 2.24) is 10.6 Å². The highest BCUT2D eigenvalue weighted by molar-refractivity contribution is 5.97. The van der Waals surface area contributed by atoms with E-state index < -0.39 is 5.91 Å². The van der Waals surface area contributed by atoms with Crippen LogP contribution in [0.5, 0.6) is 0 Å². The molecule has 0 bridgehead atoms. The fourth-order valence-corrected chi connectivity index (χ4v) is 3.54. The van der Waals surface area contributed by atoms with Gasteiger partial charge in [0.1, 0.15) is 0 Å². The molecule has 3 aromatic carbocycles. The number of nitrogens with two attached hydrogens (primary N) is 1. The summed E-state index contributed by atoms with van der Waals surface area (Å²) in [5, 5.41) is 8.28. The van der Waals surface area contributed by atoms with E-state index in [1.165, 1.54) is 11.1 Å². The highest BCUT2D eigenvalue weighted by Crippen LogP contribution is 2.27. The summed E-state index contributed by atoms with van der Waals surface area (Å²) in [7, 11) is 0. The number of carbonyl (C=O) groups excluding carboxylic acids is 3. The van der Waals surface area contributed by atoms with E-state index in [2.05, 4.69) is 40.2 Å². The zero-order valence-corrected chi connectivity index (χ0v) is 18.3. The molecule has 7 nitrogen and oxygen atoms in total. The Morgan fingerprint density at radius 3 is 2.00 bits per heavy atom. The zero-order valence-electron chi connectivity index (χ0n) is 18.3. The average molecular weight is 445 g/mol. The molecule has 0 aliphatic carbocycles. The second-order valence-corrected chi connectivity index (χ2v) is 7.60. The number of carbonyl (C=O) groups is 3. The molecule has 170 valence electrons. The van der Waals surface area contributed by atoms with Crippen LogP contribution in [-0.4, -0.2) is 30.9 Å². The molecule has 0 atom stereocenters. The third-order valence-electron chi connectivity index (χ3n) is 5.16. The lowest BCUT2D eigenvalue weighted by atomic mass is 9.88. The van der Waals surface area contributed by atoms with Gasteiger partial charge in [-0.3, -0.25) is 9.59 Å². The molecular formula is C26H28N4O3. The van der Waals surface area contributed by atoms with Crippen LogP contribution in [0, 0.1) is 0 Å². The second-order valence-electron chi connectivity index (χ2n) is 7.60. The Bertz CT molecular complexity index is 1030. The summed E-state index contributed by atoms with van der Waals surface area (Å²) in [5.41, 5.74) is 8.34. The van der Waals surface area contributed by atoms with Crippen molar-refractivity contribution in [3.05, 3.63) is 102 Å². The van der Waals surface area contributed by atoms with Gasteiger partial charge in [0, 0.05) is 36.7 Å². The molecule has 0 aromatic heterocycles. The predicted octanol–water partition coefficient (Wildman–Crippen LogP) is 3.64. The molecule has 0 aliphatic heterocycles. The zero-order chi connectivity index (χ0) is 23.5. The molecular weight excluding hydrogens is 416 g/mol. The second kappa shape index (κ2) is 12.0. The van der Waals surface area contributed by atoms with Gasteiger partial charge in [0.15, 0.2) is 0 Å². The summed E-state index contributed by atoms with van der Waals surface area (Å²) < 4.78 is 0. The molecule has 0 heterocycles. The van der Waals surface area contributed by atoms with Crippen molar-refractivity contribution in [2.45, 2.75) is 18.8 Å². The van der Waals surface area contributed by atoms with Crippen molar-refractivity contribution in [2.75, 3.05) is 18.4 Å². The first-order chi connectivity index (χ1) is 16.0. The van der Waals surface area contributed by atoms with E-state index in [1.54, 1.807) is 24.3 Å². The van der Waals surface area contributed by atoms with Crippen LogP contribution >= 0.6 is 0 Å². The Labute approximate surface area is 193 Å². The van der Waals surface area contributed by atoms with E-state index in [4.69, 9.17) is 5.73 Å². The fraction of sp³-hybridized carbons (Fsp3) is 0.192. The minimum Gasteiger partial charge on any atom is -0.370 e. The standard InChI is InChI=1S/C26H28N4O3/c27-24(31)15-17-28-25(32)21-12-7-13-22(18-21)30-26(33)29-16-14-23(19-8-3-1-4-9-19)20-10-5-2-6-11-20/h1-13,18,23H,14-17H2,(H2,27,31)(H,28,32)(H2,29,30,33). The van der Waals surface area contributed by atoms with Crippen molar-refractivity contribution in [2.24, 2.45) is 5.73 Å². The van der Waals surface area contributed by atoms with Crippen LogP contribution in [0.1, 0.15) is 40.2 Å². The van der Waals surface area contributed by atoms with Crippen LogP contribution in [0.2, 0.25) is 0 Å². The molecule has 0 unspecified atom stereocenters. The number of benzene rings is 3. The molecule has 3 aromatic rings. The molecule has 0 aliphatic rings. The number of anilines is 1. The summed E-state index contributed by atoms with van der Waals surface area (Å²) >= 11 is 0. The summed E-state index contributed by atoms with van der Waals surface area (Å²) in [6, 6.07) is 26.7. The van der Waals surface area contributed by atoms with E-state index in [9.17, 15) is 14.4 Å². The van der Waals surface area contributed by atoms with E-state index in [-0.39, 0.29) is 30.8 Å². The van der Waals surface area contributed by atoms with Gasteiger partial charge < -0.3 is 21.7 Å². The number of nitrogens with one attached hydrogen (secondary N) is 3. The molecule has 5 N–H and O–H groups in total. The number of rotatable bonds is 10. The summed E-state index contributed by atoms with van der Waals surface area (Å²) in [6.45, 7) is 0.643. The maximum absolute atomic E-state index is 12.4. The topological polar surface area (TPSA) is 113 Å². The third-order valence-corrected chi connectivity index (χ3v) is 5.16. The van der Waals surface area contributed by atoms with Gasteiger partial charge in [0.2, 0.25) is 5.91 Å². The SMILES string of the molecule is NC(=O)CCNC(=O)c1cccc(NC(=O)NCCC(c2ccccc2)c2ccccc2)c1. The Hall–Kier alpha value is -4.13. The lowest BCUT2D eigenvalue weighted by Crippen LogP contribution is -2.31. The Morgan fingerprint density at radius 1 is 0.758 bits per heavy atom. The van der Waals surface area contributed by atoms with E-state index >= 15 is 0 Å². The van der Waals surface area contributed by atoms with E-state index in [0.717, 1.165) is 6.42 Å². The van der Waals surface area contributed by atoms with Crippen molar-refractivity contribution in [3.8, 4) is 0 Å². The highest BCUT2D eigenvalue weighted by atomic mass is 16.2. The lowest BCUT2D eigenvalue weighted by molar-refractivity contribution is -0.117. The molecule has 3 rings (SSSR count). The molecule has 7 heteroatoms. The Morgan fingerprint density at radius 2 is 1.39 bits per heavy atom. The van der Waals surface area contributed by atoms with Crippen LogP contribution in [0.15, 0.2) is 84.9 Å². The minimum atomic E-state index is -0.482. The number of primary amides is 1. The first-order valence-corrected chi connectivity index (χ1v) is 10.8. The van der Waals surface area contributed by atoms with Gasteiger partial charge in [-0.25, -0.2) is 4.79 Å². The van der Waals surface area contributed by atoms with Gasteiger partial charge in [-0.05, 0) is 35.7 Å². The van der Waals surface area contributed by atoms with Crippen LogP contribution in [0.4, 0.5) is 10.5 Å². The molecule has 0 radical (unpaired) electrons. The highest BCUT2D eigenvalue weighted by Gasteiger charge is 2.14. The molecule has 0 saturated carbocycles. The van der Waals surface area contributed by atoms with Gasteiger partial charge in [0.25, 0.3) is 5.91 Å². The normalized spacial score (nSPS) is 10.5. The average Bonchev–Trinajstić information content (AvgIpc) is 2.83. The maximum Gasteiger partial charge on any atom is 0.319 e. The number of hydrogen-bond donors (Lipinski definition) is 4. The summed E-state index contributed by atoms with van der Waals surface area (Å²) in [5.74, 6) is -0.654. The smallest absolute Gasteiger partial charge is 0.319 e. The maximum atomic E-state index is 12.4. The molecule has 0 spiro atoms. The van der Waals surface area contributed by atoms with E-state index in [1.807, 2.05) is 36.4 Å². The van der Waals surface area contributed by atoms with Crippen molar-refractivity contribution in [1.29, 1.82) is 0 Å². The van der Waals surface area contributed by atoms with Crippen molar-refractivity contribution >= 4 is 23.5 Å². The van der Waals surface area contributed by atoms with Gasteiger partial charge in [-0.2, -0.15) is 0 Å². The number of amides is 4. The number of hydrogen-bond acceptors (Lipinski definition) is 3. The minimum absolute atomic E-state index is 0.0685. The predicted molar refractivity (Wildman–Crippen MR) is 129 cm³/mol. The summed E-state index contributed by atoms with van der Waals surface area (Å²) in [4.78, 5) is 35.4. The van der Waals surface area contributed by atoms with Gasteiger partial charge in [0.05, 0.1) is 0 Å². The van der Waals surface area contributed by atoms with Crippen LogP contribution in [0.3, 0.4) is 0 Å². The quantitative estimate of drug-likeness (QED) is 0.383. The Balaban J connectivity index is 1.54. The fourth-order valence-electron chi connectivity index (χ4n) is 3.54. The van der Waals surface area contributed by atoms with Crippen LogP contribution in [-0.2, 0) is 4.79 Å².